The largest absolute Gasteiger partial charge is 0.295 e. The Balaban J connectivity index is 2.05. The molecule has 0 atom stereocenters. The van der Waals surface area contributed by atoms with Crippen LogP contribution in [0.1, 0.15) is 15.9 Å². The molecule has 0 saturated carbocycles. The Morgan fingerprint density at radius 1 is 1.04 bits per heavy atom. The summed E-state index contributed by atoms with van der Waals surface area (Å²) < 4.78 is 22.5. The van der Waals surface area contributed by atoms with Crippen LogP contribution in [0.25, 0.3) is 0 Å². The number of rotatable bonds is 5. The Bertz CT molecular complexity index is 845. The molecule has 128 valence electrons. The number of carbonyl (C=O) groups is 1. The van der Waals surface area contributed by atoms with Crippen molar-refractivity contribution in [3.63, 3.8) is 0 Å². The van der Waals surface area contributed by atoms with Gasteiger partial charge in [-0.15, -0.1) is 0 Å². The lowest BCUT2D eigenvalue weighted by molar-refractivity contribution is 0.0962. The van der Waals surface area contributed by atoms with Crippen LogP contribution in [0.2, 0.25) is 15.1 Å². The Morgan fingerprint density at radius 2 is 1.58 bits per heavy atom. The fraction of sp³-hybridized carbons (Fsp3) is 0.133. The second-order valence-electron chi connectivity index (χ2n) is 5.09. The standard InChI is InChI=1S/C15H13Cl3N2O3S/c1-24(22,23)8-9-2-4-10(5-3-9)15(21)20-19-14-12(17)6-11(16)7-13(14)18/h2-7,19H,8H2,1H3,(H,20,21). The van der Waals surface area contributed by atoms with Crippen molar-refractivity contribution in [3.8, 4) is 0 Å². The molecule has 0 spiro atoms. The summed E-state index contributed by atoms with van der Waals surface area (Å²) in [5.74, 6) is -0.508. The maximum absolute atomic E-state index is 12.1. The van der Waals surface area contributed by atoms with Gasteiger partial charge < -0.3 is 0 Å². The third kappa shape index (κ3) is 5.27. The van der Waals surface area contributed by atoms with E-state index in [1.807, 2.05) is 0 Å². The summed E-state index contributed by atoms with van der Waals surface area (Å²) in [6, 6.07) is 9.20. The number of anilines is 1. The number of sulfone groups is 1. The summed E-state index contributed by atoms with van der Waals surface area (Å²) >= 11 is 17.8. The van der Waals surface area contributed by atoms with Crippen LogP contribution in [-0.2, 0) is 15.6 Å². The predicted octanol–water partition coefficient (Wildman–Crippen LogP) is 3.95. The number of halogens is 3. The van der Waals surface area contributed by atoms with Crippen LogP contribution in [0.3, 0.4) is 0 Å². The zero-order chi connectivity index (χ0) is 17.9. The van der Waals surface area contributed by atoms with Gasteiger partial charge in [0.05, 0.1) is 21.5 Å². The molecule has 2 rings (SSSR count). The molecule has 0 saturated heterocycles. The molecule has 0 fully saturated rings. The number of carbonyl (C=O) groups excluding carboxylic acids is 1. The summed E-state index contributed by atoms with van der Waals surface area (Å²) in [5.41, 5.74) is 6.38. The smallest absolute Gasteiger partial charge is 0.269 e. The number of benzene rings is 2. The van der Waals surface area contributed by atoms with Crippen LogP contribution >= 0.6 is 34.8 Å². The van der Waals surface area contributed by atoms with E-state index >= 15 is 0 Å². The second-order valence-corrected chi connectivity index (χ2v) is 8.48. The first-order valence-electron chi connectivity index (χ1n) is 6.63. The fourth-order valence-corrected chi connectivity index (χ4v) is 3.62. The molecule has 0 aliphatic heterocycles. The van der Waals surface area contributed by atoms with E-state index in [1.165, 1.54) is 24.3 Å². The van der Waals surface area contributed by atoms with Crippen molar-refractivity contribution in [2.24, 2.45) is 0 Å². The summed E-state index contributed by atoms with van der Waals surface area (Å²) in [4.78, 5) is 12.1. The first-order valence-corrected chi connectivity index (χ1v) is 9.83. The molecule has 0 heterocycles. The number of hydrogen-bond acceptors (Lipinski definition) is 4. The van der Waals surface area contributed by atoms with Crippen molar-refractivity contribution in [2.45, 2.75) is 5.75 Å². The van der Waals surface area contributed by atoms with Crippen molar-refractivity contribution >= 4 is 56.2 Å². The molecule has 0 unspecified atom stereocenters. The minimum atomic E-state index is -3.12. The Morgan fingerprint density at radius 3 is 2.08 bits per heavy atom. The number of nitrogens with one attached hydrogen (secondary N) is 2. The van der Waals surface area contributed by atoms with Gasteiger partial charge in [0, 0.05) is 16.8 Å². The van der Waals surface area contributed by atoms with E-state index in [0.29, 0.717) is 21.8 Å². The highest BCUT2D eigenvalue weighted by atomic mass is 35.5. The monoisotopic (exact) mass is 406 g/mol. The lowest BCUT2D eigenvalue weighted by atomic mass is 10.1. The van der Waals surface area contributed by atoms with Gasteiger partial charge in [0.2, 0.25) is 0 Å². The average Bonchev–Trinajstić information content (AvgIpc) is 2.45. The van der Waals surface area contributed by atoms with Crippen LogP contribution in [0, 0.1) is 0 Å². The summed E-state index contributed by atoms with van der Waals surface area (Å²) in [6.07, 6.45) is 1.15. The lowest BCUT2D eigenvalue weighted by Gasteiger charge is -2.12. The average molecular weight is 408 g/mol. The van der Waals surface area contributed by atoms with Crippen LogP contribution in [0.15, 0.2) is 36.4 Å². The van der Waals surface area contributed by atoms with Crippen molar-refractivity contribution in [2.75, 3.05) is 11.7 Å². The topological polar surface area (TPSA) is 75.3 Å². The predicted molar refractivity (Wildman–Crippen MR) is 97.6 cm³/mol. The van der Waals surface area contributed by atoms with Crippen molar-refractivity contribution < 1.29 is 13.2 Å². The quantitative estimate of drug-likeness (QED) is 0.736. The van der Waals surface area contributed by atoms with Gasteiger partial charge in [0.1, 0.15) is 0 Å². The third-order valence-electron chi connectivity index (χ3n) is 2.95. The van der Waals surface area contributed by atoms with E-state index < -0.39 is 15.7 Å². The molecule has 0 bridgehead atoms. The molecule has 0 radical (unpaired) electrons. The van der Waals surface area contributed by atoms with Crippen LogP contribution in [-0.4, -0.2) is 20.6 Å². The molecule has 2 aromatic rings. The molecule has 1 amide bonds. The normalized spacial score (nSPS) is 11.2. The van der Waals surface area contributed by atoms with Gasteiger partial charge in [0.15, 0.2) is 9.84 Å². The van der Waals surface area contributed by atoms with E-state index in [-0.39, 0.29) is 15.8 Å². The molecule has 5 nitrogen and oxygen atoms in total. The Kier molecular flexibility index (Phi) is 5.98. The van der Waals surface area contributed by atoms with Gasteiger partial charge in [-0.1, -0.05) is 46.9 Å². The van der Waals surface area contributed by atoms with Crippen molar-refractivity contribution in [3.05, 3.63) is 62.6 Å². The first kappa shape index (κ1) is 18.9. The molecule has 24 heavy (non-hydrogen) atoms. The summed E-state index contributed by atoms with van der Waals surface area (Å²) in [6.45, 7) is 0. The number of hydrogen-bond donors (Lipinski definition) is 2. The van der Waals surface area contributed by atoms with Gasteiger partial charge in [0.25, 0.3) is 5.91 Å². The zero-order valence-corrected chi connectivity index (χ0v) is 15.5. The van der Waals surface area contributed by atoms with Crippen molar-refractivity contribution in [1.29, 1.82) is 0 Å². The Labute approximate surface area is 154 Å². The van der Waals surface area contributed by atoms with E-state index in [1.54, 1.807) is 12.1 Å². The summed E-state index contributed by atoms with van der Waals surface area (Å²) in [7, 11) is -3.12. The zero-order valence-electron chi connectivity index (χ0n) is 12.4. The molecule has 9 heteroatoms. The van der Waals surface area contributed by atoms with E-state index in [0.717, 1.165) is 6.26 Å². The summed E-state index contributed by atoms with van der Waals surface area (Å²) in [5, 5.41) is 0.899. The molecule has 0 aliphatic carbocycles. The van der Waals surface area contributed by atoms with Crippen LogP contribution < -0.4 is 10.9 Å². The molecular formula is C15H13Cl3N2O3S. The maximum atomic E-state index is 12.1. The van der Waals surface area contributed by atoms with Crippen molar-refractivity contribution in [1.82, 2.24) is 5.43 Å². The number of amides is 1. The van der Waals surface area contributed by atoms with Gasteiger partial charge in [-0.2, -0.15) is 0 Å². The number of hydrazine groups is 1. The first-order chi connectivity index (χ1) is 11.2. The van der Waals surface area contributed by atoms with Crippen LogP contribution in [0.4, 0.5) is 5.69 Å². The molecule has 0 aromatic heterocycles. The highest BCUT2D eigenvalue weighted by molar-refractivity contribution is 7.89. The fourth-order valence-electron chi connectivity index (χ4n) is 1.91. The van der Waals surface area contributed by atoms with Gasteiger partial charge in [-0.05, 0) is 29.8 Å². The Hall–Kier alpha value is -1.47. The molecule has 2 aromatic carbocycles. The van der Waals surface area contributed by atoms with E-state index in [2.05, 4.69) is 10.9 Å². The molecule has 2 N–H and O–H groups in total. The maximum Gasteiger partial charge on any atom is 0.269 e. The highest BCUT2D eigenvalue weighted by Crippen LogP contribution is 2.33. The lowest BCUT2D eigenvalue weighted by Crippen LogP contribution is -2.29. The molecular weight excluding hydrogens is 395 g/mol. The molecule has 0 aliphatic rings. The minimum absolute atomic E-state index is 0.0802. The second kappa shape index (κ2) is 7.61. The van der Waals surface area contributed by atoms with E-state index in [4.69, 9.17) is 34.8 Å². The van der Waals surface area contributed by atoms with Gasteiger partial charge in [-0.3, -0.25) is 15.6 Å². The van der Waals surface area contributed by atoms with E-state index in [9.17, 15) is 13.2 Å². The third-order valence-corrected chi connectivity index (χ3v) is 4.63. The van der Waals surface area contributed by atoms with Gasteiger partial charge in [-0.25, -0.2) is 8.42 Å². The minimum Gasteiger partial charge on any atom is -0.295 e. The van der Waals surface area contributed by atoms with Crippen LogP contribution in [0.5, 0.6) is 0 Å². The van der Waals surface area contributed by atoms with Gasteiger partial charge >= 0.3 is 0 Å². The SMILES string of the molecule is CS(=O)(=O)Cc1ccc(C(=O)NNc2c(Cl)cc(Cl)cc2Cl)cc1. The highest BCUT2D eigenvalue weighted by Gasteiger charge is 2.11.